The van der Waals surface area contributed by atoms with Crippen molar-refractivity contribution in [3.8, 4) is 0 Å². The fourth-order valence-corrected chi connectivity index (χ4v) is 2.03. The van der Waals surface area contributed by atoms with Crippen molar-refractivity contribution in [2.24, 2.45) is 5.92 Å². The molecule has 1 aliphatic rings. The minimum Gasteiger partial charge on any atom is -0.468 e. The van der Waals surface area contributed by atoms with Gasteiger partial charge in [-0.3, -0.25) is 4.79 Å². The van der Waals surface area contributed by atoms with Crippen LogP contribution in [0.25, 0.3) is 0 Å². The number of hydrogen-bond acceptors (Lipinski definition) is 4. The Labute approximate surface area is 91.3 Å². The molecular weight excluding hydrogens is 194 g/mol. The third-order valence-electron chi connectivity index (χ3n) is 3.21. The molecule has 0 radical (unpaired) electrons. The molecule has 1 rings (SSSR count). The van der Waals surface area contributed by atoms with Gasteiger partial charge in [0.1, 0.15) is 5.54 Å². The molecule has 0 aliphatic carbocycles. The maximum Gasteiger partial charge on any atom is 0.326 e. The summed E-state index contributed by atoms with van der Waals surface area (Å²) in [5.74, 6) is 0.238. The molecular formula is C11H21NO3. The van der Waals surface area contributed by atoms with Crippen LogP contribution in [0.15, 0.2) is 0 Å². The maximum atomic E-state index is 11.7. The highest BCUT2D eigenvalue weighted by Crippen LogP contribution is 2.29. The fraction of sp³-hybridized carbons (Fsp3) is 0.909. The summed E-state index contributed by atoms with van der Waals surface area (Å²) in [4.78, 5) is 11.7. The second kappa shape index (κ2) is 4.94. The Kier molecular flexibility index (Phi) is 4.11. The Morgan fingerprint density at radius 3 is 2.73 bits per heavy atom. The van der Waals surface area contributed by atoms with Gasteiger partial charge in [-0.1, -0.05) is 13.8 Å². The van der Waals surface area contributed by atoms with Gasteiger partial charge in [-0.15, -0.1) is 0 Å². The molecule has 4 nitrogen and oxygen atoms in total. The first-order valence-electron chi connectivity index (χ1n) is 5.44. The zero-order valence-electron chi connectivity index (χ0n) is 10.0. The smallest absolute Gasteiger partial charge is 0.326 e. The molecule has 0 saturated carbocycles. The molecule has 15 heavy (non-hydrogen) atoms. The highest BCUT2D eigenvalue weighted by molar-refractivity contribution is 5.80. The highest BCUT2D eigenvalue weighted by atomic mass is 16.5. The third kappa shape index (κ3) is 2.49. The van der Waals surface area contributed by atoms with Crippen molar-refractivity contribution in [2.75, 3.05) is 20.8 Å². The monoisotopic (exact) mass is 215 g/mol. The van der Waals surface area contributed by atoms with Crippen LogP contribution in [-0.4, -0.2) is 38.4 Å². The van der Waals surface area contributed by atoms with Gasteiger partial charge in [-0.2, -0.15) is 0 Å². The molecule has 4 heteroatoms. The second-order valence-electron chi connectivity index (χ2n) is 4.43. The normalized spacial score (nSPS) is 31.7. The highest BCUT2D eigenvalue weighted by Gasteiger charge is 2.43. The number of carbonyl (C=O) groups is 1. The van der Waals surface area contributed by atoms with E-state index >= 15 is 0 Å². The van der Waals surface area contributed by atoms with Crippen LogP contribution in [-0.2, 0) is 14.3 Å². The summed E-state index contributed by atoms with van der Waals surface area (Å²) in [5, 5.41) is 3.10. The van der Waals surface area contributed by atoms with Crippen molar-refractivity contribution in [3.05, 3.63) is 0 Å². The fourth-order valence-electron chi connectivity index (χ4n) is 2.03. The van der Waals surface area contributed by atoms with Gasteiger partial charge in [0.15, 0.2) is 0 Å². The average molecular weight is 215 g/mol. The van der Waals surface area contributed by atoms with Crippen LogP contribution in [0.5, 0.6) is 0 Å². The molecule has 1 saturated heterocycles. The number of ether oxygens (including phenoxy) is 2. The number of nitrogens with one attached hydrogen (secondary N) is 1. The van der Waals surface area contributed by atoms with Gasteiger partial charge in [-0.05, 0) is 19.4 Å². The Morgan fingerprint density at radius 1 is 1.60 bits per heavy atom. The lowest BCUT2D eigenvalue weighted by atomic mass is 9.83. The molecule has 0 amide bonds. The molecule has 0 spiro atoms. The van der Waals surface area contributed by atoms with Gasteiger partial charge >= 0.3 is 5.97 Å². The Balaban J connectivity index is 2.77. The SMILES string of the molecule is CNC1(C(=O)OC)CCOC(C(C)C)C1. The summed E-state index contributed by atoms with van der Waals surface area (Å²) in [6, 6.07) is 0. The van der Waals surface area contributed by atoms with Gasteiger partial charge in [0, 0.05) is 13.0 Å². The lowest BCUT2D eigenvalue weighted by molar-refractivity contribution is -0.156. The van der Waals surface area contributed by atoms with Gasteiger partial charge in [0.05, 0.1) is 13.2 Å². The Bertz CT molecular complexity index is 230. The van der Waals surface area contributed by atoms with E-state index in [2.05, 4.69) is 19.2 Å². The zero-order chi connectivity index (χ0) is 11.5. The van der Waals surface area contributed by atoms with Crippen LogP contribution < -0.4 is 5.32 Å². The van der Waals surface area contributed by atoms with Gasteiger partial charge in [-0.25, -0.2) is 0 Å². The molecule has 88 valence electrons. The van der Waals surface area contributed by atoms with Crippen LogP contribution in [0.3, 0.4) is 0 Å². The van der Waals surface area contributed by atoms with Crippen LogP contribution in [0.2, 0.25) is 0 Å². The molecule has 0 bridgehead atoms. The summed E-state index contributed by atoms with van der Waals surface area (Å²) in [7, 11) is 3.24. The van der Waals surface area contributed by atoms with E-state index in [-0.39, 0.29) is 12.1 Å². The summed E-state index contributed by atoms with van der Waals surface area (Å²) in [6.07, 6.45) is 1.50. The van der Waals surface area contributed by atoms with E-state index in [0.29, 0.717) is 25.4 Å². The van der Waals surface area contributed by atoms with E-state index in [4.69, 9.17) is 9.47 Å². The van der Waals surface area contributed by atoms with Crippen molar-refractivity contribution in [1.29, 1.82) is 0 Å². The van der Waals surface area contributed by atoms with E-state index in [1.807, 2.05) is 0 Å². The van der Waals surface area contributed by atoms with Crippen molar-refractivity contribution in [3.63, 3.8) is 0 Å². The largest absolute Gasteiger partial charge is 0.468 e. The molecule has 1 N–H and O–H groups in total. The second-order valence-corrected chi connectivity index (χ2v) is 4.43. The maximum absolute atomic E-state index is 11.7. The Morgan fingerprint density at radius 2 is 2.27 bits per heavy atom. The van der Waals surface area contributed by atoms with Gasteiger partial charge in [0.25, 0.3) is 0 Å². The summed E-state index contributed by atoms with van der Waals surface area (Å²) >= 11 is 0. The van der Waals surface area contributed by atoms with Crippen LogP contribution in [0.4, 0.5) is 0 Å². The van der Waals surface area contributed by atoms with Gasteiger partial charge in [0.2, 0.25) is 0 Å². The van der Waals surface area contributed by atoms with E-state index in [1.54, 1.807) is 7.05 Å². The van der Waals surface area contributed by atoms with Gasteiger partial charge < -0.3 is 14.8 Å². The van der Waals surface area contributed by atoms with Crippen LogP contribution >= 0.6 is 0 Å². The molecule has 0 aromatic rings. The molecule has 2 atom stereocenters. The van der Waals surface area contributed by atoms with Crippen molar-refractivity contribution < 1.29 is 14.3 Å². The summed E-state index contributed by atoms with van der Waals surface area (Å²) < 4.78 is 10.5. The van der Waals surface area contributed by atoms with Crippen molar-refractivity contribution in [2.45, 2.75) is 38.3 Å². The van der Waals surface area contributed by atoms with Crippen LogP contribution in [0, 0.1) is 5.92 Å². The molecule has 0 aromatic heterocycles. The quantitative estimate of drug-likeness (QED) is 0.712. The first kappa shape index (κ1) is 12.5. The number of carbonyl (C=O) groups excluding carboxylic acids is 1. The van der Waals surface area contributed by atoms with E-state index in [1.165, 1.54) is 7.11 Å². The minimum absolute atomic E-state index is 0.130. The molecule has 1 heterocycles. The van der Waals surface area contributed by atoms with E-state index < -0.39 is 5.54 Å². The number of likely N-dealkylation sites (N-methyl/N-ethyl adjacent to an activating group) is 1. The minimum atomic E-state index is -0.554. The topological polar surface area (TPSA) is 47.6 Å². The third-order valence-corrected chi connectivity index (χ3v) is 3.21. The zero-order valence-corrected chi connectivity index (χ0v) is 10.0. The number of esters is 1. The van der Waals surface area contributed by atoms with Crippen LogP contribution in [0.1, 0.15) is 26.7 Å². The summed E-state index contributed by atoms with van der Waals surface area (Å²) in [5.41, 5.74) is -0.554. The first-order valence-corrected chi connectivity index (χ1v) is 5.44. The van der Waals surface area contributed by atoms with E-state index in [0.717, 1.165) is 0 Å². The molecule has 1 fully saturated rings. The standard InChI is InChI=1S/C11H21NO3/c1-8(2)9-7-11(12-3,5-6-15-9)10(13)14-4/h8-9,12H,5-7H2,1-4H3. The average Bonchev–Trinajstić information content (AvgIpc) is 2.27. The predicted molar refractivity (Wildman–Crippen MR) is 57.6 cm³/mol. The predicted octanol–water partition coefficient (Wildman–Crippen LogP) is 0.953. The first-order chi connectivity index (χ1) is 7.05. The molecule has 2 unspecified atom stereocenters. The molecule has 0 aromatic carbocycles. The number of rotatable bonds is 3. The van der Waals surface area contributed by atoms with Crippen molar-refractivity contribution >= 4 is 5.97 Å². The molecule has 1 aliphatic heterocycles. The van der Waals surface area contributed by atoms with E-state index in [9.17, 15) is 4.79 Å². The Hall–Kier alpha value is -0.610. The summed E-state index contributed by atoms with van der Waals surface area (Å²) in [6.45, 7) is 4.82. The van der Waals surface area contributed by atoms with Crippen molar-refractivity contribution in [1.82, 2.24) is 5.32 Å². The lowest BCUT2D eigenvalue weighted by Gasteiger charge is -2.39. The number of hydrogen-bond donors (Lipinski definition) is 1. The number of methoxy groups -OCH3 is 1. The lowest BCUT2D eigenvalue weighted by Crippen LogP contribution is -2.57.